The van der Waals surface area contributed by atoms with E-state index in [9.17, 15) is 4.79 Å². The number of H-pyrrole nitrogens is 1. The number of aromatic amines is 1. The Labute approximate surface area is 114 Å². The van der Waals surface area contributed by atoms with Crippen LogP contribution in [0, 0.1) is 0 Å². The first kappa shape index (κ1) is 12.0. The van der Waals surface area contributed by atoms with Crippen molar-refractivity contribution in [2.45, 2.75) is 12.8 Å². The molecule has 0 amide bonds. The number of para-hydroxylation sites is 1. The highest BCUT2D eigenvalue weighted by Crippen LogP contribution is 2.35. The predicted molar refractivity (Wildman–Crippen MR) is 76.0 cm³/mol. The van der Waals surface area contributed by atoms with Gasteiger partial charge in [0.25, 0.3) is 0 Å². The molecule has 0 radical (unpaired) electrons. The van der Waals surface area contributed by atoms with Crippen molar-refractivity contribution >= 4 is 34.6 Å². The van der Waals surface area contributed by atoms with Gasteiger partial charge >= 0.3 is 5.63 Å². The number of allylic oxidation sites excluding steroid dienone is 1. The van der Waals surface area contributed by atoms with E-state index in [1.54, 1.807) is 6.08 Å². The minimum atomic E-state index is -0.416. The van der Waals surface area contributed by atoms with Crippen molar-refractivity contribution in [3.8, 4) is 0 Å². The van der Waals surface area contributed by atoms with E-state index in [-0.39, 0.29) is 5.88 Å². The van der Waals surface area contributed by atoms with Gasteiger partial charge in [0.05, 0.1) is 22.8 Å². The second kappa shape index (κ2) is 4.55. The van der Waals surface area contributed by atoms with E-state index in [0.717, 1.165) is 22.5 Å². The van der Waals surface area contributed by atoms with Crippen molar-refractivity contribution in [1.29, 1.82) is 0 Å². The van der Waals surface area contributed by atoms with Gasteiger partial charge in [-0.15, -0.1) is 11.6 Å². The maximum Gasteiger partial charge on any atom is 0.364 e. The first-order valence-electron chi connectivity index (χ1n) is 5.84. The molecule has 0 spiro atoms. The molecule has 1 aromatic heterocycles. The fraction of sp³-hybridized carbons (Fsp3) is 0.143. The molecule has 0 atom stereocenters. The van der Waals surface area contributed by atoms with E-state index in [0.29, 0.717) is 11.3 Å². The Hall–Kier alpha value is -2.07. The molecule has 0 aliphatic carbocycles. The van der Waals surface area contributed by atoms with Crippen LogP contribution >= 0.6 is 11.6 Å². The van der Waals surface area contributed by atoms with Gasteiger partial charge in [-0.1, -0.05) is 18.2 Å². The monoisotopic (exact) mass is 274 g/mol. The lowest BCUT2D eigenvalue weighted by Crippen LogP contribution is -2.00. The van der Waals surface area contributed by atoms with Crippen LogP contribution in [0.5, 0.6) is 0 Å². The number of aromatic nitrogens is 1. The van der Waals surface area contributed by atoms with E-state index in [1.807, 2.05) is 31.2 Å². The van der Waals surface area contributed by atoms with Gasteiger partial charge in [-0.05, 0) is 19.1 Å². The third-order valence-electron chi connectivity index (χ3n) is 3.11. The first-order valence-corrected chi connectivity index (χ1v) is 6.37. The third-order valence-corrected chi connectivity index (χ3v) is 3.37. The van der Waals surface area contributed by atoms with Crippen LogP contribution in [0.1, 0.15) is 23.7 Å². The van der Waals surface area contributed by atoms with E-state index in [2.05, 4.69) is 10.1 Å². The fourth-order valence-electron chi connectivity index (χ4n) is 2.15. The minimum absolute atomic E-state index is 0.197. The van der Waals surface area contributed by atoms with Crippen molar-refractivity contribution in [2.24, 2.45) is 4.99 Å². The van der Waals surface area contributed by atoms with Crippen LogP contribution in [-0.2, 0) is 5.88 Å². The molecule has 1 aliphatic heterocycles. The van der Waals surface area contributed by atoms with E-state index >= 15 is 0 Å². The molecule has 2 aromatic rings. The molecule has 0 saturated carbocycles. The van der Waals surface area contributed by atoms with Gasteiger partial charge in [-0.3, -0.25) is 4.99 Å². The Morgan fingerprint density at radius 3 is 3.00 bits per heavy atom. The maximum absolute atomic E-state index is 11.7. The van der Waals surface area contributed by atoms with Crippen LogP contribution in [0.2, 0.25) is 0 Å². The third kappa shape index (κ3) is 1.94. The minimum Gasteiger partial charge on any atom is -0.338 e. The highest BCUT2D eigenvalue weighted by Gasteiger charge is 2.19. The zero-order chi connectivity index (χ0) is 13.4. The number of halogens is 1. The van der Waals surface area contributed by atoms with E-state index in [1.165, 1.54) is 0 Å². The summed E-state index contributed by atoms with van der Waals surface area (Å²) >= 11 is 5.78. The molecular formula is C14H11ClN2O2. The number of hydrogen-bond acceptors (Lipinski definition) is 3. The van der Waals surface area contributed by atoms with Gasteiger partial charge in [0.2, 0.25) is 0 Å². The first-order chi connectivity index (χ1) is 9.20. The topological polar surface area (TPSA) is 58.4 Å². The summed E-state index contributed by atoms with van der Waals surface area (Å²) in [6.45, 7) is 1.92. The second-order valence-corrected chi connectivity index (χ2v) is 4.56. The van der Waals surface area contributed by atoms with Crippen LogP contribution in [0.25, 0.3) is 11.6 Å². The van der Waals surface area contributed by atoms with Gasteiger partial charge in [0.1, 0.15) is 0 Å². The summed E-state index contributed by atoms with van der Waals surface area (Å²) in [7, 11) is 0. The van der Waals surface area contributed by atoms with Crippen LogP contribution in [0.4, 0.5) is 5.69 Å². The van der Waals surface area contributed by atoms with Crippen molar-refractivity contribution in [3.63, 3.8) is 0 Å². The number of rotatable bonds is 2. The van der Waals surface area contributed by atoms with Crippen LogP contribution in [0.15, 0.2) is 38.6 Å². The molecule has 0 saturated heterocycles. The average Bonchev–Trinajstić information content (AvgIpc) is 2.92. The molecule has 2 heterocycles. The van der Waals surface area contributed by atoms with Gasteiger partial charge in [-0.2, -0.15) is 0 Å². The van der Waals surface area contributed by atoms with Crippen LogP contribution in [-0.4, -0.2) is 10.9 Å². The number of nitrogens with one attached hydrogen (secondary N) is 1. The molecule has 0 unspecified atom stereocenters. The van der Waals surface area contributed by atoms with Crippen molar-refractivity contribution in [3.05, 3.63) is 51.5 Å². The Bertz CT molecular complexity index is 753. The molecular weight excluding hydrogens is 264 g/mol. The molecule has 5 heteroatoms. The number of benzene rings is 1. The Morgan fingerprint density at radius 1 is 1.42 bits per heavy atom. The summed E-state index contributed by atoms with van der Waals surface area (Å²) in [4.78, 5) is 16.1. The molecule has 1 aromatic carbocycles. The Balaban J connectivity index is 2.17. The largest absolute Gasteiger partial charge is 0.364 e. The molecule has 1 aliphatic rings. The maximum atomic E-state index is 11.7. The average molecular weight is 275 g/mol. The lowest BCUT2D eigenvalue weighted by Gasteiger charge is -2.00. The summed E-state index contributed by atoms with van der Waals surface area (Å²) in [5.41, 5.74) is 4.35. The number of alkyl halides is 1. The van der Waals surface area contributed by atoms with Crippen LogP contribution in [0.3, 0.4) is 0 Å². The molecule has 19 heavy (non-hydrogen) atoms. The van der Waals surface area contributed by atoms with Gasteiger partial charge in [-0.25, -0.2) is 9.95 Å². The second-order valence-electron chi connectivity index (χ2n) is 4.29. The summed E-state index contributed by atoms with van der Waals surface area (Å²) in [6, 6.07) is 7.81. The van der Waals surface area contributed by atoms with Crippen LogP contribution < -0.4 is 5.63 Å². The zero-order valence-electron chi connectivity index (χ0n) is 10.2. The molecule has 0 fully saturated rings. The van der Waals surface area contributed by atoms with Gasteiger partial charge in [0, 0.05) is 16.8 Å². The SMILES string of the molecule is CC1=Nc2ccccc2C1=Cc1c(CCl)[nH]oc1=O. The fourth-order valence-corrected chi connectivity index (χ4v) is 2.35. The highest BCUT2D eigenvalue weighted by molar-refractivity contribution is 6.31. The standard InChI is InChI=1S/C14H11ClN2O2/c1-8-10(9-4-2-3-5-12(9)16-8)6-11-13(7-15)17-19-14(11)18/h2-6,17H,7H2,1H3. The molecule has 1 N–H and O–H groups in total. The summed E-state index contributed by atoms with van der Waals surface area (Å²) in [5, 5.41) is 2.53. The Morgan fingerprint density at radius 2 is 2.21 bits per heavy atom. The number of hydrogen-bond donors (Lipinski definition) is 1. The summed E-state index contributed by atoms with van der Waals surface area (Å²) in [6.07, 6.45) is 1.78. The number of nitrogens with zero attached hydrogens (tertiary/aromatic N) is 1. The van der Waals surface area contributed by atoms with Gasteiger partial charge in [0.15, 0.2) is 0 Å². The lowest BCUT2D eigenvalue weighted by atomic mass is 10.0. The zero-order valence-corrected chi connectivity index (χ0v) is 11.0. The van der Waals surface area contributed by atoms with Crippen molar-refractivity contribution in [1.82, 2.24) is 5.16 Å². The number of aliphatic imine (C=N–C) groups is 1. The smallest absolute Gasteiger partial charge is 0.338 e. The van der Waals surface area contributed by atoms with Crippen molar-refractivity contribution < 1.29 is 4.52 Å². The summed E-state index contributed by atoms with van der Waals surface area (Å²) < 4.78 is 4.77. The molecule has 96 valence electrons. The normalized spacial score (nSPS) is 15.7. The number of fused-ring (bicyclic) bond motifs is 1. The van der Waals surface area contributed by atoms with Gasteiger partial charge < -0.3 is 4.52 Å². The molecule has 3 rings (SSSR count). The molecule has 0 bridgehead atoms. The molecule has 4 nitrogen and oxygen atoms in total. The predicted octanol–water partition coefficient (Wildman–Crippen LogP) is 3.35. The highest BCUT2D eigenvalue weighted by atomic mass is 35.5. The van der Waals surface area contributed by atoms with E-state index in [4.69, 9.17) is 16.1 Å². The van der Waals surface area contributed by atoms with Crippen molar-refractivity contribution in [2.75, 3.05) is 0 Å². The summed E-state index contributed by atoms with van der Waals surface area (Å²) in [5.74, 6) is 0.197. The quantitative estimate of drug-likeness (QED) is 0.854. The van der Waals surface area contributed by atoms with E-state index < -0.39 is 5.63 Å². The Kier molecular flexibility index (Phi) is 2.87. The lowest BCUT2D eigenvalue weighted by molar-refractivity contribution is 0.386.